The number of carbonyl (C=O) groups excluding carboxylic acids is 2. The molecular weight excluding hydrogens is 492 g/mol. The van der Waals surface area contributed by atoms with Gasteiger partial charge in [0.2, 0.25) is 0 Å². The van der Waals surface area contributed by atoms with E-state index in [4.69, 9.17) is 18.9 Å². The van der Waals surface area contributed by atoms with Gasteiger partial charge in [0.25, 0.3) is 0 Å². The van der Waals surface area contributed by atoms with E-state index in [2.05, 4.69) is 21.2 Å². The van der Waals surface area contributed by atoms with Crippen LogP contribution in [0.1, 0.15) is 44.4 Å². The molecule has 1 aliphatic rings. The first-order valence-corrected chi connectivity index (χ1v) is 12.3. The predicted octanol–water partition coefficient (Wildman–Crippen LogP) is 3.00. The Morgan fingerprint density at radius 3 is 2.58 bits per heavy atom. The Morgan fingerprint density at radius 1 is 1.13 bits per heavy atom. The first-order chi connectivity index (χ1) is 18.4. The van der Waals surface area contributed by atoms with Crippen LogP contribution in [0.4, 0.5) is 4.79 Å². The molecule has 0 bridgehead atoms. The number of esters is 1. The maximum atomic E-state index is 12.4. The second-order valence-corrected chi connectivity index (χ2v) is 8.33. The number of hydrogen-bond donors (Lipinski definition) is 4. The minimum Gasteiger partial charge on any atom is -0.494 e. The summed E-state index contributed by atoms with van der Waals surface area (Å²) in [5.41, 5.74) is 4.74. The molecule has 11 nitrogen and oxygen atoms in total. The molecule has 0 aliphatic carbocycles. The van der Waals surface area contributed by atoms with Crippen molar-refractivity contribution in [2.45, 2.75) is 39.5 Å². The summed E-state index contributed by atoms with van der Waals surface area (Å²) in [7, 11) is 1.28. The Labute approximate surface area is 221 Å². The lowest BCUT2D eigenvalue weighted by Crippen LogP contribution is -2.45. The second-order valence-electron chi connectivity index (χ2n) is 8.33. The lowest BCUT2D eigenvalue weighted by molar-refractivity contribution is -0.136. The van der Waals surface area contributed by atoms with Crippen molar-refractivity contribution >= 4 is 18.2 Å². The zero-order valence-electron chi connectivity index (χ0n) is 21.9. The number of methoxy groups -OCH3 is 1. The number of rotatable bonds is 13. The number of hydrazone groups is 1. The largest absolute Gasteiger partial charge is 0.494 e. The monoisotopic (exact) mass is 526 g/mol. The average molecular weight is 527 g/mol. The number of aliphatic hydroxyl groups is 1. The highest BCUT2D eigenvalue weighted by Gasteiger charge is 2.32. The van der Waals surface area contributed by atoms with E-state index < -0.39 is 24.3 Å². The van der Waals surface area contributed by atoms with Crippen molar-refractivity contribution in [3.05, 3.63) is 64.9 Å². The Hall–Kier alpha value is -4.25. The first-order valence-electron chi connectivity index (χ1n) is 12.3. The van der Waals surface area contributed by atoms with Crippen LogP contribution < -0.4 is 30.3 Å². The fourth-order valence-electron chi connectivity index (χ4n) is 3.69. The summed E-state index contributed by atoms with van der Waals surface area (Å²) in [4.78, 5) is 24.5. The van der Waals surface area contributed by atoms with Crippen LogP contribution in [-0.4, -0.2) is 56.5 Å². The third kappa shape index (κ3) is 7.62. The molecule has 0 fully saturated rings. The number of hydrogen-bond acceptors (Lipinski definition) is 9. The molecule has 0 saturated heterocycles. The zero-order chi connectivity index (χ0) is 27.5. The summed E-state index contributed by atoms with van der Waals surface area (Å²) in [6.07, 6.45) is 1.43. The number of aliphatic hydroxyl groups excluding tert-OH is 1. The van der Waals surface area contributed by atoms with Crippen molar-refractivity contribution in [2.75, 3.05) is 26.9 Å². The standard InChI is InChI=1S/C27H34N4O7/c1-5-13-37-20-10-7-18(8-11-20)15-28-31-23(32)16-38-21-12-9-19(14-22(21)36-6-2)25-24(26(33)35-4)17(3)29-27(34)30-25/h7-12,14-15,23,25,31-32H,5-6,13,16H2,1-4H3,(H2,29,30,34)/b28-15-/t23-,25+/m0/s1. The van der Waals surface area contributed by atoms with Gasteiger partial charge in [-0.3, -0.25) is 5.43 Å². The quantitative estimate of drug-likeness (QED) is 0.135. The Morgan fingerprint density at radius 2 is 1.89 bits per heavy atom. The van der Waals surface area contributed by atoms with Gasteiger partial charge >= 0.3 is 12.0 Å². The molecule has 38 heavy (non-hydrogen) atoms. The first kappa shape index (κ1) is 28.3. The van der Waals surface area contributed by atoms with Gasteiger partial charge in [-0.1, -0.05) is 13.0 Å². The number of benzene rings is 2. The van der Waals surface area contributed by atoms with Crippen LogP contribution in [-0.2, 0) is 9.53 Å². The molecule has 1 aliphatic heterocycles. The maximum absolute atomic E-state index is 12.4. The van der Waals surface area contributed by atoms with Gasteiger partial charge in [-0.25, -0.2) is 9.59 Å². The SMILES string of the molecule is CCCOc1ccc(/C=N\N[C@@H](O)COc2ccc([C@H]3NC(=O)NC(C)=C3C(=O)OC)cc2OCC)cc1. The Kier molecular flexibility index (Phi) is 10.4. The van der Waals surface area contributed by atoms with Gasteiger partial charge in [0.1, 0.15) is 12.4 Å². The van der Waals surface area contributed by atoms with E-state index in [1.54, 1.807) is 31.3 Å². The lowest BCUT2D eigenvalue weighted by atomic mass is 9.95. The zero-order valence-corrected chi connectivity index (χ0v) is 21.9. The topological polar surface area (TPSA) is 140 Å². The molecule has 2 aromatic carbocycles. The number of carbonyl (C=O) groups is 2. The molecule has 2 aromatic rings. The third-order valence-corrected chi connectivity index (χ3v) is 5.46. The summed E-state index contributed by atoms with van der Waals surface area (Å²) >= 11 is 0. The van der Waals surface area contributed by atoms with Gasteiger partial charge in [0.15, 0.2) is 17.7 Å². The molecule has 3 rings (SSSR count). The molecule has 1 heterocycles. The number of amides is 2. The van der Waals surface area contributed by atoms with E-state index in [-0.39, 0.29) is 12.2 Å². The van der Waals surface area contributed by atoms with Gasteiger partial charge in [0.05, 0.1) is 38.2 Å². The molecule has 0 saturated carbocycles. The minimum absolute atomic E-state index is 0.114. The molecule has 11 heteroatoms. The fraction of sp³-hybridized carbons (Fsp3) is 0.370. The van der Waals surface area contributed by atoms with E-state index in [0.717, 1.165) is 17.7 Å². The molecule has 2 atom stereocenters. The molecule has 0 spiro atoms. The summed E-state index contributed by atoms with van der Waals surface area (Å²) in [5, 5.41) is 19.6. The summed E-state index contributed by atoms with van der Waals surface area (Å²) in [5.74, 6) is 0.995. The van der Waals surface area contributed by atoms with Gasteiger partial charge in [-0.05, 0) is 67.8 Å². The van der Waals surface area contributed by atoms with Crippen LogP contribution in [0.2, 0.25) is 0 Å². The summed E-state index contributed by atoms with van der Waals surface area (Å²) in [6, 6.07) is 11.3. The maximum Gasteiger partial charge on any atom is 0.337 e. The molecule has 2 amide bonds. The second kappa shape index (κ2) is 13.9. The van der Waals surface area contributed by atoms with E-state index in [1.807, 2.05) is 38.1 Å². The van der Waals surface area contributed by atoms with Gasteiger partial charge in [-0.15, -0.1) is 0 Å². The molecule has 0 radical (unpaired) electrons. The minimum atomic E-state index is -1.09. The van der Waals surface area contributed by atoms with Crippen molar-refractivity contribution in [1.82, 2.24) is 16.1 Å². The molecule has 4 N–H and O–H groups in total. The summed E-state index contributed by atoms with van der Waals surface area (Å²) in [6.45, 7) is 6.40. The van der Waals surface area contributed by atoms with E-state index in [1.165, 1.54) is 7.11 Å². The van der Waals surface area contributed by atoms with E-state index >= 15 is 0 Å². The van der Waals surface area contributed by atoms with E-state index in [9.17, 15) is 14.7 Å². The van der Waals surface area contributed by atoms with Crippen LogP contribution >= 0.6 is 0 Å². The van der Waals surface area contributed by atoms with Crippen LogP contribution in [0.3, 0.4) is 0 Å². The van der Waals surface area contributed by atoms with Crippen LogP contribution in [0, 0.1) is 0 Å². The smallest absolute Gasteiger partial charge is 0.337 e. The van der Waals surface area contributed by atoms with Gasteiger partial charge < -0.3 is 34.7 Å². The van der Waals surface area contributed by atoms with Crippen molar-refractivity contribution in [2.24, 2.45) is 5.10 Å². The third-order valence-electron chi connectivity index (χ3n) is 5.46. The van der Waals surface area contributed by atoms with Gasteiger partial charge in [0, 0.05) is 5.70 Å². The number of allylic oxidation sites excluding steroid dienone is 1. The Bertz CT molecular complexity index is 1160. The van der Waals surface area contributed by atoms with Crippen molar-refractivity contribution in [3.63, 3.8) is 0 Å². The average Bonchev–Trinajstić information content (AvgIpc) is 2.91. The van der Waals surface area contributed by atoms with Crippen LogP contribution in [0.25, 0.3) is 0 Å². The fourth-order valence-corrected chi connectivity index (χ4v) is 3.69. The normalized spacial score (nSPS) is 15.9. The molecular formula is C27H34N4O7. The Balaban J connectivity index is 1.64. The van der Waals surface area contributed by atoms with Crippen LogP contribution in [0.15, 0.2) is 58.8 Å². The van der Waals surface area contributed by atoms with Gasteiger partial charge in [-0.2, -0.15) is 5.10 Å². The summed E-state index contributed by atoms with van der Waals surface area (Å²) < 4.78 is 21.9. The number of ether oxygens (including phenoxy) is 4. The predicted molar refractivity (Wildman–Crippen MR) is 141 cm³/mol. The van der Waals surface area contributed by atoms with Crippen molar-refractivity contribution in [3.8, 4) is 17.2 Å². The molecule has 204 valence electrons. The van der Waals surface area contributed by atoms with Crippen LogP contribution in [0.5, 0.6) is 17.2 Å². The lowest BCUT2D eigenvalue weighted by Gasteiger charge is -2.28. The highest BCUT2D eigenvalue weighted by Crippen LogP contribution is 2.34. The molecule has 0 unspecified atom stereocenters. The van der Waals surface area contributed by atoms with Crippen molar-refractivity contribution < 1.29 is 33.6 Å². The van der Waals surface area contributed by atoms with E-state index in [0.29, 0.717) is 36.0 Å². The highest BCUT2D eigenvalue weighted by molar-refractivity contribution is 5.95. The highest BCUT2D eigenvalue weighted by atomic mass is 16.5. The molecule has 0 aromatic heterocycles. The number of urea groups is 1. The number of nitrogens with one attached hydrogen (secondary N) is 3. The van der Waals surface area contributed by atoms with Crippen molar-refractivity contribution in [1.29, 1.82) is 0 Å². The number of nitrogens with zero attached hydrogens (tertiary/aromatic N) is 1.